The van der Waals surface area contributed by atoms with Gasteiger partial charge in [-0.15, -0.1) is 11.8 Å². The predicted molar refractivity (Wildman–Crippen MR) is 119 cm³/mol. The SMILES string of the molecule is O=C(Nc1ccc(S(=O)(=O)N2CCCCC2)cc1)c1noc2c1CSc1ccccc1-2. The van der Waals surface area contributed by atoms with Crippen LogP contribution in [0.2, 0.25) is 0 Å². The van der Waals surface area contributed by atoms with Crippen molar-refractivity contribution in [2.24, 2.45) is 0 Å². The van der Waals surface area contributed by atoms with Gasteiger partial charge in [-0.3, -0.25) is 4.79 Å². The van der Waals surface area contributed by atoms with E-state index in [-0.39, 0.29) is 16.5 Å². The Hall–Kier alpha value is -2.62. The molecule has 3 aromatic rings. The Morgan fingerprint density at radius 1 is 1.03 bits per heavy atom. The van der Waals surface area contributed by atoms with Gasteiger partial charge >= 0.3 is 0 Å². The molecule has 0 saturated carbocycles. The highest BCUT2D eigenvalue weighted by Gasteiger charge is 2.28. The summed E-state index contributed by atoms with van der Waals surface area (Å²) >= 11 is 1.64. The van der Waals surface area contributed by atoms with Crippen molar-refractivity contribution in [3.8, 4) is 11.3 Å². The molecule has 9 heteroatoms. The first-order valence-electron chi connectivity index (χ1n) is 10.2. The zero-order valence-corrected chi connectivity index (χ0v) is 18.3. The average molecular weight is 456 g/mol. The summed E-state index contributed by atoms with van der Waals surface area (Å²) in [7, 11) is -3.50. The van der Waals surface area contributed by atoms with Crippen LogP contribution in [-0.4, -0.2) is 36.9 Å². The number of hydrogen-bond acceptors (Lipinski definition) is 6. The number of piperidine rings is 1. The number of thioether (sulfide) groups is 1. The van der Waals surface area contributed by atoms with Crippen molar-refractivity contribution in [1.82, 2.24) is 9.46 Å². The van der Waals surface area contributed by atoms with E-state index in [2.05, 4.69) is 10.5 Å². The molecule has 2 aliphatic rings. The van der Waals surface area contributed by atoms with E-state index in [0.29, 0.717) is 30.3 Å². The number of nitrogens with one attached hydrogen (secondary N) is 1. The first-order chi connectivity index (χ1) is 15.0. The second-order valence-corrected chi connectivity index (χ2v) is 10.5. The second-order valence-electron chi connectivity index (χ2n) is 7.57. The van der Waals surface area contributed by atoms with Crippen molar-refractivity contribution in [2.75, 3.05) is 18.4 Å². The predicted octanol–water partition coefficient (Wildman–Crippen LogP) is 4.37. The molecule has 1 amide bonds. The summed E-state index contributed by atoms with van der Waals surface area (Å²) in [5, 5.41) is 6.81. The molecule has 1 N–H and O–H groups in total. The zero-order valence-electron chi connectivity index (χ0n) is 16.7. The highest BCUT2D eigenvalue weighted by Crippen LogP contribution is 2.42. The van der Waals surface area contributed by atoms with Crippen molar-refractivity contribution >= 4 is 33.4 Å². The van der Waals surface area contributed by atoms with Crippen molar-refractivity contribution in [2.45, 2.75) is 34.8 Å². The lowest BCUT2D eigenvalue weighted by molar-refractivity contribution is 0.101. The Morgan fingerprint density at radius 2 is 1.77 bits per heavy atom. The monoisotopic (exact) mass is 455 g/mol. The summed E-state index contributed by atoms with van der Waals surface area (Å²) < 4.78 is 32.6. The summed E-state index contributed by atoms with van der Waals surface area (Å²) in [5.74, 6) is 0.852. The topological polar surface area (TPSA) is 92.5 Å². The van der Waals surface area contributed by atoms with Gasteiger partial charge in [-0.1, -0.05) is 23.7 Å². The van der Waals surface area contributed by atoms with E-state index in [9.17, 15) is 13.2 Å². The number of anilines is 1. The van der Waals surface area contributed by atoms with Gasteiger partial charge < -0.3 is 9.84 Å². The van der Waals surface area contributed by atoms with Gasteiger partial charge in [0.2, 0.25) is 10.0 Å². The lowest BCUT2D eigenvalue weighted by Gasteiger charge is -2.25. The highest BCUT2D eigenvalue weighted by molar-refractivity contribution is 7.98. The largest absolute Gasteiger partial charge is 0.355 e. The van der Waals surface area contributed by atoms with Gasteiger partial charge in [0.05, 0.1) is 4.90 Å². The van der Waals surface area contributed by atoms with E-state index in [1.807, 2.05) is 24.3 Å². The number of amides is 1. The average Bonchev–Trinajstić information content (AvgIpc) is 3.25. The van der Waals surface area contributed by atoms with Crippen LogP contribution >= 0.6 is 11.8 Å². The van der Waals surface area contributed by atoms with Crippen LogP contribution in [0.25, 0.3) is 11.3 Å². The van der Waals surface area contributed by atoms with Gasteiger partial charge in [-0.25, -0.2) is 8.42 Å². The third-order valence-corrected chi connectivity index (χ3v) is 8.58. The third kappa shape index (κ3) is 3.77. The van der Waals surface area contributed by atoms with Gasteiger partial charge in [0.15, 0.2) is 11.5 Å². The minimum atomic E-state index is -3.50. The van der Waals surface area contributed by atoms with E-state index in [0.717, 1.165) is 35.3 Å². The van der Waals surface area contributed by atoms with Crippen LogP contribution in [0.5, 0.6) is 0 Å². The molecule has 2 aliphatic heterocycles. The quantitative estimate of drug-likeness (QED) is 0.628. The van der Waals surface area contributed by atoms with Gasteiger partial charge in [-0.2, -0.15) is 4.31 Å². The summed E-state index contributed by atoms with van der Waals surface area (Å²) in [6.07, 6.45) is 2.84. The molecule has 0 bridgehead atoms. The highest BCUT2D eigenvalue weighted by atomic mass is 32.2. The molecule has 7 nitrogen and oxygen atoms in total. The molecule has 0 spiro atoms. The van der Waals surface area contributed by atoms with Crippen molar-refractivity contribution in [3.63, 3.8) is 0 Å². The van der Waals surface area contributed by atoms with Gasteiger partial charge in [-0.05, 0) is 49.2 Å². The Kier molecular flexibility index (Phi) is 5.33. The third-order valence-electron chi connectivity index (χ3n) is 5.57. The summed E-state index contributed by atoms with van der Waals surface area (Å²) in [6, 6.07) is 14.1. The Labute approximate surface area is 184 Å². The molecule has 0 aliphatic carbocycles. The normalized spacial score (nSPS) is 16.4. The minimum Gasteiger partial charge on any atom is -0.355 e. The molecule has 0 radical (unpaired) electrons. The maximum atomic E-state index is 12.8. The Morgan fingerprint density at radius 3 is 2.55 bits per heavy atom. The Bertz CT molecular complexity index is 1230. The van der Waals surface area contributed by atoms with E-state index in [4.69, 9.17) is 4.52 Å². The second kappa shape index (κ2) is 8.14. The van der Waals surface area contributed by atoms with Crippen LogP contribution in [0.3, 0.4) is 0 Å². The van der Waals surface area contributed by atoms with Crippen LogP contribution in [0.15, 0.2) is 62.8 Å². The number of carbonyl (C=O) groups is 1. The molecule has 3 heterocycles. The number of hydrogen-bond donors (Lipinski definition) is 1. The molecule has 2 aromatic carbocycles. The zero-order chi connectivity index (χ0) is 21.4. The number of rotatable bonds is 4. The van der Waals surface area contributed by atoms with Crippen molar-refractivity contribution in [1.29, 1.82) is 0 Å². The smallest absolute Gasteiger partial charge is 0.278 e. The number of aromatic nitrogens is 1. The fourth-order valence-corrected chi connectivity index (χ4v) is 6.49. The minimum absolute atomic E-state index is 0.235. The molecule has 0 unspecified atom stereocenters. The lowest BCUT2D eigenvalue weighted by atomic mass is 10.1. The molecule has 5 rings (SSSR count). The summed E-state index contributed by atoms with van der Waals surface area (Å²) in [5.41, 5.74) is 2.46. The van der Waals surface area contributed by atoms with Crippen LogP contribution in [0.4, 0.5) is 5.69 Å². The lowest BCUT2D eigenvalue weighted by Crippen LogP contribution is -2.35. The maximum Gasteiger partial charge on any atom is 0.278 e. The Balaban J connectivity index is 1.34. The van der Waals surface area contributed by atoms with E-state index in [1.54, 1.807) is 23.9 Å². The molecule has 1 fully saturated rings. The van der Waals surface area contributed by atoms with Gasteiger partial charge in [0.25, 0.3) is 5.91 Å². The van der Waals surface area contributed by atoms with Gasteiger partial charge in [0, 0.05) is 40.6 Å². The molecule has 0 atom stereocenters. The van der Waals surface area contributed by atoms with Crippen LogP contribution < -0.4 is 5.32 Å². The summed E-state index contributed by atoms with van der Waals surface area (Å²) in [6.45, 7) is 1.11. The number of nitrogens with zero attached hydrogens (tertiary/aromatic N) is 2. The standard InChI is InChI=1S/C22H21N3O4S2/c26-22(20-18-14-30-19-7-3-2-6-17(19)21(18)29-24-20)23-15-8-10-16(11-9-15)31(27,28)25-12-4-1-5-13-25/h2-3,6-11H,1,4-5,12-14H2,(H,23,26). The number of benzene rings is 2. The number of carbonyl (C=O) groups excluding carboxylic acids is 1. The molecular weight excluding hydrogens is 434 g/mol. The van der Waals surface area contributed by atoms with Crippen LogP contribution in [0, 0.1) is 0 Å². The summed E-state index contributed by atoms with van der Waals surface area (Å²) in [4.78, 5) is 14.2. The first-order valence-corrected chi connectivity index (χ1v) is 12.6. The number of sulfonamides is 1. The molecule has 1 aromatic heterocycles. The molecule has 1 saturated heterocycles. The molecule has 160 valence electrons. The maximum absolute atomic E-state index is 12.8. The van der Waals surface area contributed by atoms with Crippen LogP contribution in [-0.2, 0) is 15.8 Å². The molecular formula is C22H21N3O4S2. The van der Waals surface area contributed by atoms with Crippen LogP contribution in [0.1, 0.15) is 35.3 Å². The number of fused-ring (bicyclic) bond motifs is 3. The van der Waals surface area contributed by atoms with Gasteiger partial charge in [0.1, 0.15) is 0 Å². The van der Waals surface area contributed by atoms with E-state index >= 15 is 0 Å². The fourth-order valence-electron chi connectivity index (χ4n) is 3.92. The fraction of sp³-hybridized carbons (Fsp3) is 0.273. The van der Waals surface area contributed by atoms with Crippen molar-refractivity contribution < 1.29 is 17.7 Å². The first kappa shape index (κ1) is 20.3. The molecule has 31 heavy (non-hydrogen) atoms. The van der Waals surface area contributed by atoms with E-state index < -0.39 is 10.0 Å². The van der Waals surface area contributed by atoms with E-state index in [1.165, 1.54) is 16.4 Å². The van der Waals surface area contributed by atoms with Crippen molar-refractivity contribution in [3.05, 3.63) is 59.8 Å².